The van der Waals surface area contributed by atoms with Crippen LogP contribution < -0.4 is 5.32 Å². The number of rotatable bonds is 7. The number of ether oxygens (including phenoxy) is 1. The van der Waals surface area contributed by atoms with Crippen LogP contribution in [0.25, 0.3) is 0 Å². The monoisotopic (exact) mass is 518 g/mol. The smallest absolute Gasteiger partial charge is 0.193 e. The lowest BCUT2D eigenvalue weighted by Gasteiger charge is -2.35. The Hall–Kier alpha value is -0.870. The van der Waals surface area contributed by atoms with E-state index < -0.39 is 0 Å². The Balaban J connectivity index is 0.00000300. The molecule has 0 saturated carbocycles. The normalized spacial score (nSPS) is 22.0. The molecule has 29 heavy (non-hydrogen) atoms. The first kappa shape index (κ1) is 24.4. The number of aryl methyl sites for hydroxylation is 1. The van der Waals surface area contributed by atoms with Crippen LogP contribution in [-0.2, 0) is 11.8 Å². The van der Waals surface area contributed by atoms with Gasteiger partial charge < -0.3 is 15.0 Å². The second kappa shape index (κ2) is 12.1. The van der Waals surface area contributed by atoms with E-state index in [0.717, 1.165) is 64.9 Å². The van der Waals surface area contributed by atoms with E-state index in [1.807, 2.05) is 17.9 Å². The molecule has 7 nitrogen and oxygen atoms in total. The molecule has 1 N–H and O–H groups in total. The van der Waals surface area contributed by atoms with E-state index in [9.17, 15) is 0 Å². The summed E-state index contributed by atoms with van der Waals surface area (Å²) in [5.74, 6) is 2.28. The van der Waals surface area contributed by atoms with Crippen molar-refractivity contribution in [3.05, 3.63) is 18.0 Å². The molecule has 0 spiro atoms. The first-order valence-corrected chi connectivity index (χ1v) is 10.9. The standard InChI is InChI=1S/C21H38N6O.HI/c1-5-22-21(27-7-6-18(16-27)19-13-24-25(4)15-19)23-14-20(12-17(2)3)26-8-10-28-11-9-26;/h13,15,17-18,20H,5-12,14,16H2,1-4H3,(H,22,23);1H. The van der Waals surface area contributed by atoms with E-state index in [4.69, 9.17) is 9.73 Å². The van der Waals surface area contributed by atoms with Gasteiger partial charge in [0, 0.05) is 57.9 Å². The maximum atomic E-state index is 5.55. The van der Waals surface area contributed by atoms with Crippen molar-refractivity contribution in [1.82, 2.24) is 24.9 Å². The van der Waals surface area contributed by atoms with Gasteiger partial charge in [-0.1, -0.05) is 13.8 Å². The van der Waals surface area contributed by atoms with Crippen LogP contribution in [0.2, 0.25) is 0 Å². The Labute approximate surface area is 193 Å². The molecule has 0 aliphatic carbocycles. The van der Waals surface area contributed by atoms with Crippen LogP contribution in [0.3, 0.4) is 0 Å². The van der Waals surface area contributed by atoms with Crippen molar-refractivity contribution in [1.29, 1.82) is 0 Å². The summed E-state index contributed by atoms with van der Waals surface area (Å²) < 4.78 is 7.45. The third-order valence-electron chi connectivity index (χ3n) is 5.78. The highest BCUT2D eigenvalue weighted by Gasteiger charge is 2.28. The summed E-state index contributed by atoms with van der Waals surface area (Å²) in [4.78, 5) is 10.1. The molecule has 3 heterocycles. The summed E-state index contributed by atoms with van der Waals surface area (Å²) in [6.45, 7) is 14.3. The first-order valence-electron chi connectivity index (χ1n) is 10.9. The minimum Gasteiger partial charge on any atom is -0.379 e. The van der Waals surface area contributed by atoms with Gasteiger partial charge >= 0.3 is 0 Å². The fourth-order valence-electron chi connectivity index (χ4n) is 4.32. The maximum absolute atomic E-state index is 5.55. The largest absolute Gasteiger partial charge is 0.379 e. The topological polar surface area (TPSA) is 57.9 Å². The van der Waals surface area contributed by atoms with E-state index in [1.165, 1.54) is 12.0 Å². The number of aromatic nitrogens is 2. The van der Waals surface area contributed by atoms with Crippen LogP contribution in [0.4, 0.5) is 0 Å². The van der Waals surface area contributed by atoms with E-state index in [1.54, 1.807) is 0 Å². The number of halogens is 1. The molecule has 0 amide bonds. The molecule has 0 radical (unpaired) electrons. The van der Waals surface area contributed by atoms with Gasteiger partial charge in [-0.2, -0.15) is 5.10 Å². The van der Waals surface area contributed by atoms with E-state index in [0.29, 0.717) is 17.9 Å². The number of nitrogens with one attached hydrogen (secondary N) is 1. The minimum absolute atomic E-state index is 0. The van der Waals surface area contributed by atoms with Gasteiger partial charge in [-0.05, 0) is 31.2 Å². The van der Waals surface area contributed by atoms with Crippen LogP contribution in [0.15, 0.2) is 17.4 Å². The third kappa shape index (κ3) is 7.10. The predicted molar refractivity (Wildman–Crippen MR) is 129 cm³/mol. The van der Waals surface area contributed by atoms with Gasteiger partial charge in [0.15, 0.2) is 5.96 Å². The van der Waals surface area contributed by atoms with Crippen molar-refractivity contribution in [2.45, 2.75) is 45.6 Å². The van der Waals surface area contributed by atoms with Crippen molar-refractivity contribution in [3.8, 4) is 0 Å². The molecule has 2 unspecified atom stereocenters. The number of likely N-dealkylation sites (tertiary alicyclic amines) is 1. The number of guanidine groups is 1. The maximum Gasteiger partial charge on any atom is 0.193 e. The molecule has 8 heteroatoms. The Morgan fingerprint density at radius 3 is 2.69 bits per heavy atom. The number of hydrogen-bond donors (Lipinski definition) is 1. The zero-order valence-corrected chi connectivity index (χ0v) is 20.8. The van der Waals surface area contributed by atoms with Crippen LogP contribution >= 0.6 is 24.0 Å². The van der Waals surface area contributed by atoms with Gasteiger partial charge in [-0.25, -0.2) is 0 Å². The molecule has 2 aliphatic heterocycles. The summed E-state index contributed by atoms with van der Waals surface area (Å²) in [5.41, 5.74) is 1.34. The SMILES string of the molecule is CCNC(=NCC(CC(C)C)N1CCOCC1)N1CCC(c2cnn(C)c2)C1.I. The summed E-state index contributed by atoms with van der Waals surface area (Å²) in [5, 5.41) is 7.87. The van der Waals surface area contributed by atoms with Gasteiger partial charge in [-0.15, -0.1) is 24.0 Å². The number of nitrogens with zero attached hydrogens (tertiary/aromatic N) is 5. The quantitative estimate of drug-likeness (QED) is 0.342. The van der Waals surface area contributed by atoms with Gasteiger partial charge in [0.2, 0.25) is 0 Å². The zero-order valence-electron chi connectivity index (χ0n) is 18.5. The molecular weight excluding hydrogens is 479 g/mol. The highest BCUT2D eigenvalue weighted by molar-refractivity contribution is 14.0. The van der Waals surface area contributed by atoms with E-state index >= 15 is 0 Å². The molecule has 1 aromatic rings. The molecule has 0 aromatic carbocycles. The van der Waals surface area contributed by atoms with Crippen molar-refractivity contribution in [2.75, 3.05) is 52.5 Å². The van der Waals surface area contributed by atoms with Crippen molar-refractivity contribution < 1.29 is 4.74 Å². The molecule has 166 valence electrons. The molecule has 2 saturated heterocycles. The number of hydrogen-bond acceptors (Lipinski definition) is 4. The first-order chi connectivity index (χ1) is 13.6. The Bertz CT molecular complexity index is 628. The van der Waals surface area contributed by atoms with Gasteiger partial charge in [-0.3, -0.25) is 14.6 Å². The number of aliphatic imine (C=N–C) groups is 1. The van der Waals surface area contributed by atoms with Crippen LogP contribution in [0, 0.1) is 5.92 Å². The average molecular weight is 518 g/mol. The molecular formula is C21H39IN6O. The van der Waals surface area contributed by atoms with Crippen molar-refractivity contribution >= 4 is 29.9 Å². The third-order valence-corrected chi connectivity index (χ3v) is 5.78. The highest BCUT2D eigenvalue weighted by atomic mass is 127. The lowest BCUT2D eigenvalue weighted by Crippen LogP contribution is -2.46. The lowest BCUT2D eigenvalue weighted by atomic mass is 10.0. The zero-order chi connectivity index (χ0) is 19.9. The average Bonchev–Trinajstić information content (AvgIpc) is 3.33. The molecule has 2 fully saturated rings. The van der Waals surface area contributed by atoms with E-state index in [2.05, 4.69) is 47.2 Å². The molecule has 2 atom stereocenters. The van der Waals surface area contributed by atoms with E-state index in [-0.39, 0.29) is 24.0 Å². The van der Waals surface area contributed by atoms with Crippen LogP contribution in [-0.4, -0.2) is 84.1 Å². The summed E-state index contributed by atoms with van der Waals surface area (Å²) in [7, 11) is 1.99. The Morgan fingerprint density at radius 2 is 2.07 bits per heavy atom. The second-order valence-electron chi connectivity index (χ2n) is 8.51. The van der Waals surface area contributed by atoms with Crippen LogP contribution in [0.5, 0.6) is 0 Å². The molecule has 2 aliphatic rings. The summed E-state index contributed by atoms with van der Waals surface area (Å²) in [6.07, 6.45) is 6.50. The summed E-state index contributed by atoms with van der Waals surface area (Å²) in [6, 6.07) is 0.495. The second-order valence-corrected chi connectivity index (χ2v) is 8.51. The molecule has 1 aromatic heterocycles. The fourth-order valence-corrected chi connectivity index (χ4v) is 4.32. The number of morpholine rings is 1. The Morgan fingerprint density at radius 1 is 1.31 bits per heavy atom. The minimum atomic E-state index is 0. The molecule has 3 rings (SSSR count). The van der Waals surface area contributed by atoms with Gasteiger partial charge in [0.25, 0.3) is 0 Å². The Kier molecular flexibility index (Phi) is 10.2. The highest BCUT2D eigenvalue weighted by Crippen LogP contribution is 2.26. The van der Waals surface area contributed by atoms with Gasteiger partial charge in [0.1, 0.15) is 0 Å². The molecule has 0 bridgehead atoms. The van der Waals surface area contributed by atoms with Crippen LogP contribution in [0.1, 0.15) is 45.1 Å². The lowest BCUT2D eigenvalue weighted by molar-refractivity contribution is 0.0142. The summed E-state index contributed by atoms with van der Waals surface area (Å²) >= 11 is 0. The van der Waals surface area contributed by atoms with Crippen molar-refractivity contribution in [2.24, 2.45) is 18.0 Å². The van der Waals surface area contributed by atoms with Crippen molar-refractivity contribution in [3.63, 3.8) is 0 Å². The fraction of sp³-hybridized carbons (Fsp3) is 0.810. The predicted octanol–water partition coefficient (Wildman–Crippen LogP) is 2.54. The van der Waals surface area contributed by atoms with Gasteiger partial charge in [0.05, 0.1) is 26.0 Å².